The van der Waals surface area contributed by atoms with Gasteiger partial charge in [-0.15, -0.1) is 11.8 Å². The predicted octanol–water partition coefficient (Wildman–Crippen LogP) is 2.32. The van der Waals surface area contributed by atoms with Crippen LogP contribution in [0.4, 0.5) is 10.8 Å². The number of hydrogen-bond acceptors (Lipinski definition) is 6. The minimum atomic E-state index is -0.168. The molecule has 0 aliphatic heterocycles. The first-order chi connectivity index (χ1) is 9.60. The summed E-state index contributed by atoms with van der Waals surface area (Å²) in [6, 6.07) is 5.49. The number of thiazole rings is 1. The van der Waals surface area contributed by atoms with E-state index in [1.807, 2.05) is 19.1 Å². The van der Waals surface area contributed by atoms with Crippen molar-refractivity contribution in [2.24, 2.45) is 0 Å². The molecular weight excluding hydrogens is 294 g/mol. The van der Waals surface area contributed by atoms with Gasteiger partial charge in [0.2, 0.25) is 5.91 Å². The van der Waals surface area contributed by atoms with Gasteiger partial charge in [0.05, 0.1) is 15.5 Å². The van der Waals surface area contributed by atoms with E-state index in [2.05, 4.69) is 10.3 Å². The van der Waals surface area contributed by atoms with E-state index in [-0.39, 0.29) is 17.8 Å². The number of nitrogens with zero attached hydrogens (tertiary/aromatic N) is 1. The van der Waals surface area contributed by atoms with Crippen LogP contribution >= 0.6 is 23.1 Å². The predicted molar refractivity (Wildman–Crippen MR) is 86.3 cm³/mol. The Bertz CT molecular complexity index is 600. The number of benzene rings is 1. The Morgan fingerprint density at radius 2 is 2.40 bits per heavy atom. The molecule has 2 aromatic rings. The molecule has 0 radical (unpaired) electrons. The Kier molecular flexibility index (Phi) is 5.22. The summed E-state index contributed by atoms with van der Waals surface area (Å²) in [5, 5.41) is 12.0. The van der Waals surface area contributed by atoms with Gasteiger partial charge in [0.1, 0.15) is 0 Å². The zero-order valence-corrected chi connectivity index (χ0v) is 12.8. The van der Waals surface area contributed by atoms with Crippen molar-refractivity contribution in [3.05, 3.63) is 18.2 Å². The van der Waals surface area contributed by atoms with Crippen LogP contribution in [0.25, 0.3) is 10.2 Å². The maximum absolute atomic E-state index is 12.0. The standard InChI is InChI=1S/C13H17N3O2S2/c1-8(19-6-2-5-17)12(18)16-13-15-10-4-3-9(14)7-11(10)20-13/h3-4,7-8,17H,2,5-6,14H2,1H3,(H,15,16,18). The largest absolute Gasteiger partial charge is 0.399 e. The number of aromatic nitrogens is 1. The number of nitrogens with one attached hydrogen (secondary N) is 1. The summed E-state index contributed by atoms with van der Waals surface area (Å²) in [6.07, 6.45) is 0.697. The number of nitrogens with two attached hydrogens (primary N) is 1. The molecule has 1 amide bonds. The number of aliphatic hydroxyl groups excluding tert-OH is 1. The lowest BCUT2D eigenvalue weighted by atomic mass is 10.3. The van der Waals surface area contributed by atoms with Gasteiger partial charge in [-0.05, 0) is 37.3 Å². The van der Waals surface area contributed by atoms with Crippen molar-refractivity contribution >= 4 is 50.0 Å². The van der Waals surface area contributed by atoms with E-state index in [4.69, 9.17) is 10.8 Å². The van der Waals surface area contributed by atoms with Gasteiger partial charge in [-0.25, -0.2) is 4.98 Å². The van der Waals surface area contributed by atoms with Gasteiger partial charge < -0.3 is 16.2 Å². The summed E-state index contributed by atoms with van der Waals surface area (Å²) in [4.78, 5) is 16.4. The highest BCUT2D eigenvalue weighted by atomic mass is 32.2. The summed E-state index contributed by atoms with van der Waals surface area (Å²) in [5.41, 5.74) is 7.24. The monoisotopic (exact) mass is 311 g/mol. The fourth-order valence-electron chi connectivity index (χ4n) is 1.60. The number of hydrogen-bond donors (Lipinski definition) is 3. The first-order valence-electron chi connectivity index (χ1n) is 6.29. The molecule has 1 heterocycles. The van der Waals surface area contributed by atoms with E-state index in [1.165, 1.54) is 23.1 Å². The Morgan fingerprint density at radius 1 is 1.60 bits per heavy atom. The van der Waals surface area contributed by atoms with Crippen molar-refractivity contribution < 1.29 is 9.90 Å². The van der Waals surface area contributed by atoms with Gasteiger partial charge in [0.15, 0.2) is 5.13 Å². The topological polar surface area (TPSA) is 88.2 Å². The van der Waals surface area contributed by atoms with Crippen molar-refractivity contribution in [3.63, 3.8) is 0 Å². The second-order valence-corrected chi connectivity index (χ2v) is 6.80. The number of amides is 1. The van der Waals surface area contributed by atoms with Crippen molar-refractivity contribution in [2.45, 2.75) is 18.6 Å². The maximum atomic E-state index is 12.0. The lowest BCUT2D eigenvalue weighted by Crippen LogP contribution is -2.22. The minimum Gasteiger partial charge on any atom is -0.399 e. The average molecular weight is 311 g/mol. The molecule has 20 heavy (non-hydrogen) atoms. The highest BCUT2D eigenvalue weighted by molar-refractivity contribution is 8.00. The minimum absolute atomic E-state index is 0.0695. The Morgan fingerprint density at radius 3 is 3.15 bits per heavy atom. The summed E-state index contributed by atoms with van der Waals surface area (Å²) >= 11 is 2.94. The molecular formula is C13H17N3O2S2. The zero-order valence-electron chi connectivity index (χ0n) is 11.1. The second-order valence-electron chi connectivity index (χ2n) is 4.33. The molecule has 0 saturated heterocycles. The van der Waals surface area contributed by atoms with E-state index in [0.717, 1.165) is 16.0 Å². The highest BCUT2D eigenvalue weighted by Gasteiger charge is 2.15. The van der Waals surface area contributed by atoms with E-state index in [1.54, 1.807) is 6.07 Å². The van der Waals surface area contributed by atoms with Crippen molar-refractivity contribution in [1.29, 1.82) is 0 Å². The third kappa shape index (κ3) is 3.84. The lowest BCUT2D eigenvalue weighted by molar-refractivity contribution is -0.115. The lowest BCUT2D eigenvalue weighted by Gasteiger charge is -2.09. The molecule has 1 atom stereocenters. The van der Waals surface area contributed by atoms with Crippen LogP contribution in [0.3, 0.4) is 0 Å². The molecule has 0 spiro atoms. The van der Waals surface area contributed by atoms with Crippen LogP contribution in [0.5, 0.6) is 0 Å². The van der Waals surface area contributed by atoms with E-state index in [9.17, 15) is 4.79 Å². The number of thioether (sulfide) groups is 1. The second kappa shape index (κ2) is 6.92. The molecule has 0 saturated carbocycles. The van der Waals surface area contributed by atoms with Crippen LogP contribution in [-0.2, 0) is 4.79 Å². The molecule has 0 aliphatic carbocycles. The third-order valence-electron chi connectivity index (χ3n) is 2.68. The Labute approximate surface area is 125 Å². The van der Waals surface area contributed by atoms with Crippen molar-refractivity contribution in [3.8, 4) is 0 Å². The van der Waals surface area contributed by atoms with E-state index >= 15 is 0 Å². The molecule has 7 heteroatoms. The fourth-order valence-corrected chi connectivity index (χ4v) is 3.38. The molecule has 2 rings (SSSR count). The maximum Gasteiger partial charge on any atom is 0.238 e. The number of anilines is 2. The van der Waals surface area contributed by atoms with E-state index < -0.39 is 0 Å². The van der Waals surface area contributed by atoms with Crippen LogP contribution in [0, 0.1) is 0 Å². The molecule has 1 unspecified atom stereocenters. The van der Waals surface area contributed by atoms with Gasteiger partial charge in [0.25, 0.3) is 0 Å². The van der Waals surface area contributed by atoms with Crippen molar-refractivity contribution in [1.82, 2.24) is 4.98 Å². The van der Waals surface area contributed by atoms with E-state index in [0.29, 0.717) is 17.2 Å². The summed E-state index contributed by atoms with van der Waals surface area (Å²) < 4.78 is 0.959. The van der Waals surface area contributed by atoms with Crippen LogP contribution in [0.1, 0.15) is 13.3 Å². The van der Waals surface area contributed by atoms with Gasteiger partial charge in [0, 0.05) is 12.3 Å². The fraction of sp³-hybridized carbons (Fsp3) is 0.385. The summed E-state index contributed by atoms with van der Waals surface area (Å²) in [6.45, 7) is 2.00. The summed E-state index contributed by atoms with van der Waals surface area (Å²) in [5.74, 6) is 0.696. The quantitative estimate of drug-likeness (QED) is 0.563. The van der Waals surface area contributed by atoms with Crippen LogP contribution in [-0.4, -0.2) is 33.6 Å². The smallest absolute Gasteiger partial charge is 0.238 e. The first-order valence-corrected chi connectivity index (χ1v) is 8.16. The van der Waals surface area contributed by atoms with Gasteiger partial charge in [-0.3, -0.25) is 4.79 Å². The first kappa shape index (κ1) is 15.1. The zero-order chi connectivity index (χ0) is 14.5. The molecule has 108 valence electrons. The molecule has 0 bridgehead atoms. The normalized spacial score (nSPS) is 12.5. The third-order valence-corrected chi connectivity index (χ3v) is 4.85. The number of fused-ring (bicyclic) bond motifs is 1. The average Bonchev–Trinajstić information content (AvgIpc) is 2.80. The molecule has 1 aromatic heterocycles. The molecule has 1 aromatic carbocycles. The number of carbonyl (C=O) groups is 1. The number of aliphatic hydroxyl groups is 1. The Hall–Kier alpha value is -1.31. The van der Waals surface area contributed by atoms with Crippen LogP contribution in [0.15, 0.2) is 18.2 Å². The molecule has 0 fully saturated rings. The number of carbonyl (C=O) groups excluding carboxylic acids is 1. The Balaban J connectivity index is 1.98. The number of nitrogen functional groups attached to an aromatic ring is 1. The highest BCUT2D eigenvalue weighted by Crippen LogP contribution is 2.28. The van der Waals surface area contributed by atoms with Gasteiger partial charge in [-0.1, -0.05) is 11.3 Å². The van der Waals surface area contributed by atoms with Crippen LogP contribution in [0.2, 0.25) is 0 Å². The number of rotatable bonds is 6. The summed E-state index contributed by atoms with van der Waals surface area (Å²) in [7, 11) is 0. The van der Waals surface area contributed by atoms with Gasteiger partial charge in [-0.2, -0.15) is 0 Å². The molecule has 5 nitrogen and oxygen atoms in total. The van der Waals surface area contributed by atoms with Gasteiger partial charge >= 0.3 is 0 Å². The SMILES string of the molecule is CC(SCCCO)C(=O)Nc1nc2ccc(N)cc2s1. The molecule has 4 N–H and O–H groups in total. The van der Waals surface area contributed by atoms with Crippen LogP contribution < -0.4 is 11.1 Å². The molecule has 0 aliphatic rings. The van der Waals surface area contributed by atoms with Crippen molar-refractivity contribution in [2.75, 3.05) is 23.4 Å².